The van der Waals surface area contributed by atoms with Gasteiger partial charge in [0.1, 0.15) is 11.2 Å². The molecule has 0 radical (unpaired) electrons. The monoisotopic (exact) mass is 1080 g/mol. The highest BCUT2D eigenvalue weighted by molar-refractivity contribution is 6.28. The van der Waals surface area contributed by atoms with Gasteiger partial charge >= 0.3 is 0 Å². The summed E-state index contributed by atoms with van der Waals surface area (Å²) in [5.74, 6) is 0. The predicted octanol–water partition coefficient (Wildman–Crippen LogP) is 23.4. The SMILES string of the molecule is [2H]c1c([2H])c([2H])c(-c2c([2H])c([2H])c(-c3c4c([2H])c([2H])c([2H])c([2H])c4c(-c4c([2H])c([2H])c5oc6c([2H])c([2H])c([2H])c([2H])c6c5c4[2H])c4c([2H])c([2H])c([2H])c([2H])c34)c([2H])c2[2H])c([2H])c1[2H].[2H]c1c([2H])c([2H])c(-c2cc(-c3ccc4ccc5cccc6ccc3c4c56)cc(-c3ccc4ccc5cccc6ccc3c4c56)c2)c([2H])c1[2H]. The van der Waals surface area contributed by atoms with E-state index in [-0.39, 0.29) is 29.7 Å². The number of para-hydroxylation sites is 1. The molecule has 0 aliphatic carbocycles. The zero-order valence-corrected chi connectivity index (χ0v) is 43.0. The van der Waals surface area contributed by atoms with Crippen LogP contribution in [0.25, 0.3) is 175 Å². The second-order valence-electron chi connectivity index (χ2n) is 20.0. The molecule has 0 atom stereocenters. The fourth-order valence-corrected chi connectivity index (χ4v) is 11.9. The van der Waals surface area contributed by atoms with Gasteiger partial charge in [-0.3, -0.25) is 0 Å². The second-order valence-corrected chi connectivity index (χ2v) is 20.0. The first kappa shape index (κ1) is 26.6. The maximum absolute atomic E-state index is 9.54. The molecule has 18 aromatic rings. The Morgan fingerprint density at radius 2 is 0.590 bits per heavy atom. The molecule has 1 heterocycles. The largest absolute Gasteiger partial charge is 0.456 e. The van der Waals surface area contributed by atoms with E-state index in [2.05, 4.69) is 115 Å². The van der Waals surface area contributed by atoms with Crippen molar-refractivity contribution in [3.63, 3.8) is 0 Å². The van der Waals surface area contributed by atoms with Gasteiger partial charge in [-0.1, -0.05) is 266 Å². The molecular formula is C82H50O. The standard InChI is InChI=1S/C44H26.C38H24O/c1-2-6-27(7-3-1)34-24-35(37-20-16-32-14-12-28-8-4-10-30-18-22-39(37)43(32)41(28)30)26-36(25-34)38-21-17-33-15-13-29-9-5-11-31-19-23-40(38)44(33)42(29)31;1-2-10-25(11-3-1)26-18-20-27(21-19-26)37-30-13-4-6-15-32(30)38(33-16-7-5-14-31(33)37)28-22-23-36-34(24-28)29-12-8-9-17-35(29)39-36/h1-26H;1-24H/i1D,2D,3D,6D,7D;1D,2D,3D,4D,5D,6D,7D,8D,9D,10D,11D,12D,13D,14D,15D,16D,17D,18D,19D,20D,21D,22D,23D,24D. The third kappa shape index (κ3) is 7.63. The number of hydrogen-bond donors (Lipinski definition) is 0. The Kier molecular flexibility index (Phi) is 6.05. The van der Waals surface area contributed by atoms with Crippen molar-refractivity contribution in [2.75, 3.05) is 0 Å². The molecule has 0 saturated heterocycles. The zero-order valence-electron chi connectivity index (χ0n) is 72.0. The van der Waals surface area contributed by atoms with Crippen molar-refractivity contribution in [1.82, 2.24) is 0 Å². The van der Waals surface area contributed by atoms with Crippen LogP contribution in [0.5, 0.6) is 0 Å². The van der Waals surface area contributed by atoms with E-state index in [1.807, 2.05) is 12.1 Å². The lowest BCUT2D eigenvalue weighted by atomic mass is 9.85. The van der Waals surface area contributed by atoms with Crippen molar-refractivity contribution in [2.45, 2.75) is 0 Å². The van der Waals surface area contributed by atoms with Crippen LogP contribution >= 0.6 is 0 Å². The highest BCUT2D eigenvalue weighted by atomic mass is 16.3. The Bertz CT molecular complexity index is 7000. The fraction of sp³-hybridized carbons (Fsp3) is 0. The van der Waals surface area contributed by atoms with Gasteiger partial charge in [0.25, 0.3) is 0 Å². The Hall–Kier alpha value is -10.9. The lowest BCUT2D eigenvalue weighted by Crippen LogP contribution is -1.91. The molecule has 0 N–H and O–H groups in total. The minimum atomic E-state index is -1.02. The molecule has 0 fully saturated rings. The van der Waals surface area contributed by atoms with E-state index >= 15 is 0 Å². The minimum Gasteiger partial charge on any atom is -0.456 e. The summed E-state index contributed by atoms with van der Waals surface area (Å²) in [6.45, 7) is 0. The third-order valence-corrected chi connectivity index (χ3v) is 15.5. The van der Waals surface area contributed by atoms with E-state index < -0.39 is 228 Å². The van der Waals surface area contributed by atoms with E-state index in [1.165, 1.54) is 43.1 Å². The number of rotatable bonds is 6. The van der Waals surface area contributed by atoms with Crippen LogP contribution in [0.2, 0.25) is 0 Å². The van der Waals surface area contributed by atoms with Gasteiger partial charge in [-0.2, -0.15) is 0 Å². The zero-order chi connectivity index (χ0) is 79.8. The first-order chi connectivity index (χ1) is 53.2. The highest BCUT2D eigenvalue weighted by Gasteiger charge is 2.20. The van der Waals surface area contributed by atoms with E-state index in [4.69, 9.17) is 33.2 Å². The van der Waals surface area contributed by atoms with Crippen LogP contribution in [0.4, 0.5) is 0 Å². The molecule has 1 aromatic heterocycles. The van der Waals surface area contributed by atoms with Gasteiger partial charge in [-0.15, -0.1) is 0 Å². The molecule has 0 aliphatic heterocycles. The number of furan rings is 1. The second kappa shape index (κ2) is 18.9. The predicted molar refractivity (Wildman–Crippen MR) is 355 cm³/mol. The molecule has 18 rings (SSSR count). The molecule has 0 bridgehead atoms. The van der Waals surface area contributed by atoms with E-state index in [1.54, 1.807) is 0 Å². The van der Waals surface area contributed by atoms with Crippen molar-refractivity contribution < 1.29 is 44.2 Å². The average Bonchev–Trinajstić information content (AvgIpc) is 0.985. The van der Waals surface area contributed by atoms with E-state index in [9.17, 15) is 11.0 Å². The molecule has 0 unspecified atom stereocenters. The average molecular weight is 1080 g/mol. The summed E-state index contributed by atoms with van der Waals surface area (Å²) in [5.41, 5.74) is -0.643. The fourth-order valence-electron chi connectivity index (χ4n) is 11.9. The molecule has 1 nitrogen and oxygen atoms in total. The van der Waals surface area contributed by atoms with Gasteiger partial charge in [0.05, 0.1) is 39.8 Å². The Labute approximate surface area is 520 Å². The van der Waals surface area contributed by atoms with Gasteiger partial charge in [0.2, 0.25) is 0 Å². The molecule has 83 heavy (non-hydrogen) atoms. The summed E-state index contributed by atoms with van der Waals surface area (Å²) in [5, 5.41) is 10.6. The van der Waals surface area contributed by atoms with Crippen molar-refractivity contribution in [3.8, 4) is 66.8 Å². The Morgan fingerprint density at radius 1 is 0.229 bits per heavy atom. The minimum absolute atomic E-state index is 0.199. The number of hydrogen-bond acceptors (Lipinski definition) is 1. The summed E-state index contributed by atoms with van der Waals surface area (Å²) < 4.78 is 260. The number of fused-ring (bicyclic) bond motifs is 5. The van der Waals surface area contributed by atoms with Gasteiger partial charge < -0.3 is 4.42 Å². The lowest BCUT2D eigenvalue weighted by Gasteiger charge is -2.18. The first-order valence-corrected chi connectivity index (χ1v) is 26.3. The lowest BCUT2D eigenvalue weighted by molar-refractivity contribution is 0.669. The quantitative estimate of drug-likeness (QED) is 0.119. The molecule has 0 amide bonds. The van der Waals surface area contributed by atoms with Crippen LogP contribution < -0.4 is 0 Å². The van der Waals surface area contributed by atoms with Gasteiger partial charge in [-0.25, -0.2) is 0 Å². The van der Waals surface area contributed by atoms with Crippen molar-refractivity contribution in [1.29, 1.82) is 0 Å². The van der Waals surface area contributed by atoms with Crippen molar-refractivity contribution in [3.05, 3.63) is 303 Å². The molecule has 0 aliphatic rings. The maximum Gasteiger partial charge on any atom is 0.135 e. The summed E-state index contributed by atoms with van der Waals surface area (Å²) in [6, 6.07) is 22.3. The summed E-state index contributed by atoms with van der Waals surface area (Å²) in [7, 11) is 0. The first-order valence-electron chi connectivity index (χ1n) is 40.8. The van der Waals surface area contributed by atoms with Crippen molar-refractivity contribution >= 4 is 108 Å². The van der Waals surface area contributed by atoms with E-state index in [0.29, 0.717) is 5.56 Å². The summed E-state index contributed by atoms with van der Waals surface area (Å²) in [4.78, 5) is 0. The molecule has 1 heteroatoms. The third-order valence-electron chi connectivity index (χ3n) is 15.5. The Morgan fingerprint density at radius 3 is 1.11 bits per heavy atom. The normalized spacial score (nSPS) is 16.7. The van der Waals surface area contributed by atoms with Crippen LogP contribution in [0.3, 0.4) is 0 Å². The topological polar surface area (TPSA) is 13.1 Å². The van der Waals surface area contributed by atoms with Gasteiger partial charge in [0.15, 0.2) is 0 Å². The molecule has 0 spiro atoms. The summed E-state index contributed by atoms with van der Waals surface area (Å²) in [6.07, 6.45) is 0. The van der Waals surface area contributed by atoms with Crippen LogP contribution in [0, 0.1) is 0 Å². The van der Waals surface area contributed by atoms with Crippen LogP contribution in [0.15, 0.2) is 307 Å². The van der Waals surface area contributed by atoms with Crippen LogP contribution in [0.1, 0.15) is 39.8 Å². The summed E-state index contributed by atoms with van der Waals surface area (Å²) >= 11 is 0. The Balaban J connectivity index is 0.000000167. The smallest absolute Gasteiger partial charge is 0.135 e. The van der Waals surface area contributed by atoms with E-state index in [0.717, 1.165) is 43.8 Å². The highest BCUT2D eigenvalue weighted by Crippen LogP contribution is 2.47. The van der Waals surface area contributed by atoms with Gasteiger partial charge in [-0.05, 0) is 189 Å². The molecular weight excluding hydrogens is 1000 g/mol. The molecule has 17 aromatic carbocycles. The van der Waals surface area contributed by atoms with Crippen LogP contribution in [-0.2, 0) is 0 Å². The maximum atomic E-state index is 9.54. The van der Waals surface area contributed by atoms with Gasteiger partial charge in [0, 0.05) is 10.8 Å². The molecule has 0 saturated carbocycles. The van der Waals surface area contributed by atoms with Crippen molar-refractivity contribution in [2.24, 2.45) is 0 Å². The van der Waals surface area contributed by atoms with Crippen LogP contribution in [-0.4, -0.2) is 0 Å². The molecule has 384 valence electrons. The number of benzene rings is 17.